The van der Waals surface area contributed by atoms with Crippen LogP contribution in [0.1, 0.15) is 26.5 Å². The molecule has 0 aliphatic carbocycles. The number of carbonyl (C=O) groups is 2. The maximum Gasteiger partial charge on any atom is 0.371 e. The number of carboxylic acid groups (broad SMARTS) is 1. The van der Waals surface area contributed by atoms with E-state index in [-0.39, 0.29) is 39.2 Å². The molecule has 3 aromatic rings. The Labute approximate surface area is 151 Å². The smallest absolute Gasteiger partial charge is 0.371 e. The Kier molecular flexibility index (Phi) is 4.65. The van der Waals surface area contributed by atoms with Crippen LogP contribution in [0.4, 0.5) is 0 Å². The van der Waals surface area contributed by atoms with Crippen LogP contribution in [0.5, 0.6) is 5.75 Å². The molecule has 0 atom stereocenters. The van der Waals surface area contributed by atoms with Gasteiger partial charge in [-0.1, -0.05) is 23.2 Å². The Morgan fingerprint density at radius 3 is 2.52 bits per heavy atom. The molecule has 8 heteroatoms. The van der Waals surface area contributed by atoms with Crippen molar-refractivity contribution in [3.63, 3.8) is 0 Å². The molecule has 0 fully saturated rings. The highest BCUT2D eigenvalue weighted by Gasteiger charge is 2.21. The molecular formula is C17H11Cl2NO5. The Bertz CT molecular complexity index is 976. The van der Waals surface area contributed by atoms with Gasteiger partial charge in [-0.3, -0.25) is 9.78 Å². The third-order valence-electron chi connectivity index (χ3n) is 3.67. The van der Waals surface area contributed by atoms with Crippen molar-refractivity contribution in [3.8, 4) is 5.75 Å². The molecule has 0 bridgehead atoms. The van der Waals surface area contributed by atoms with Crippen LogP contribution in [0, 0.1) is 0 Å². The molecule has 0 saturated heterocycles. The third-order valence-corrected chi connectivity index (χ3v) is 4.32. The number of aromatic carboxylic acids is 1. The minimum atomic E-state index is -1.24. The number of pyridine rings is 1. The van der Waals surface area contributed by atoms with Crippen LogP contribution in [0.2, 0.25) is 10.0 Å². The number of ether oxygens (including phenoxy) is 1. The molecule has 0 saturated carbocycles. The Morgan fingerprint density at radius 1 is 1.24 bits per heavy atom. The lowest BCUT2D eigenvalue weighted by Gasteiger charge is -2.08. The molecular weight excluding hydrogens is 369 g/mol. The number of halogens is 2. The standard InChI is InChI=1S/C17H11Cl2NO5/c1-24-14-3-2-8(9-5-15(17(22)23)25-16(9)14)13(21)4-10-11(18)6-20-7-12(10)19/h2-3,5-7H,4H2,1H3,(H,22,23). The van der Waals surface area contributed by atoms with Gasteiger partial charge in [0.25, 0.3) is 0 Å². The van der Waals surface area contributed by atoms with Crippen molar-refractivity contribution in [1.29, 1.82) is 0 Å². The topological polar surface area (TPSA) is 89.6 Å². The first-order valence-corrected chi connectivity index (χ1v) is 7.83. The van der Waals surface area contributed by atoms with E-state index in [1.165, 1.54) is 25.6 Å². The summed E-state index contributed by atoms with van der Waals surface area (Å²) < 4.78 is 10.5. The lowest BCUT2D eigenvalue weighted by atomic mass is 10.00. The summed E-state index contributed by atoms with van der Waals surface area (Å²) in [6.07, 6.45) is 2.75. The third kappa shape index (κ3) is 3.18. The monoisotopic (exact) mass is 379 g/mol. The fourth-order valence-electron chi connectivity index (χ4n) is 2.47. The van der Waals surface area contributed by atoms with Crippen LogP contribution in [-0.2, 0) is 6.42 Å². The molecule has 2 heterocycles. The maximum absolute atomic E-state index is 12.7. The molecule has 0 amide bonds. The van der Waals surface area contributed by atoms with E-state index in [0.29, 0.717) is 16.7 Å². The van der Waals surface area contributed by atoms with Crippen LogP contribution in [0.25, 0.3) is 11.0 Å². The van der Waals surface area contributed by atoms with Gasteiger partial charge >= 0.3 is 5.97 Å². The van der Waals surface area contributed by atoms with Crippen molar-refractivity contribution in [2.75, 3.05) is 7.11 Å². The Morgan fingerprint density at radius 2 is 1.92 bits per heavy atom. The van der Waals surface area contributed by atoms with E-state index in [1.54, 1.807) is 12.1 Å². The molecule has 1 N–H and O–H groups in total. The average molecular weight is 380 g/mol. The molecule has 0 radical (unpaired) electrons. The normalized spacial score (nSPS) is 10.8. The number of benzene rings is 1. The highest BCUT2D eigenvalue weighted by Crippen LogP contribution is 2.33. The SMILES string of the molecule is COc1ccc(C(=O)Cc2c(Cl)cncc2Cl)c2cc(C(=O)O)oc12. The van der Waals surface area contributed by atoms with E-state index in [0.717, 1.165) is 0 Å². The first-order chi connectivity index (χ1) is 11.9. The van der Waals surface area contributed by atoms with E-state index >= 15 is 0 Å². The number of furan rings is 1. The summed E-state index contributed by atoms with van der Waals surface area (Å²) in [5.41, 5.74) is 0.933. The summed E-state index contributed by atoms with van der Waals surface area (Å²) in [6, 6.07) is 4.39. The van der Waals surface area contributed by atoms with Gasteiger partial charge in [0.05, 0.1) is 17.2 Å². The number of hydrogen-bond acceptors (Lipinski definition) is 5. The van der Waals surface area contributed by atoms with Crippen LogP contribution in [0.15, 0.2) is 35.0 Å². The summed E-state index contributed by atoms with van der Waals surface area (Å²) in [6.45, 7) is 0. The number of ketones is 1. The van der Waals surface area contributed by atoms with Crippen molar-refractivity contribution < 1.29 is 23.8 Å². The van der Waals surface area contributed by atoms with E-state index in [1.807, 2.05) is 0 Å². The second kappa shape index (κ2) is 6.74. The number of fused-ring (bicyclic) bond motifs is 1. The number of hydrogen-bond donors (Lipinski definition) is 1. The predicted molar refractivity (Wildman–Crippen MR) is 92.0 cm³/mol. The first-order valence-electron chi connectivity index (χ1n) is 7.07. The number of nitrogens with zero attached hydrogens (tertiary/aromatic N) is 1. The van der Waals surface area contributed by atoms with E-state index < -0.39 is 5.97 Å². The first kappa shape index (κ1) is 17.3. The van der Waals surface area contributed by atoms with Crippen LogP contribution < -0.4 is 4.74 Å². The molecule has 0 aliphatic heterocycles. The van der Waals surface area contributed by atoms with Gasteiger partial charge in [0, 0.05) is 41.4 Å². The van der Waals surface area contributed by atoms with Crippen molar-refractivity contribution in [1.82, 2.24) is 4.98 Å². The van der Waals surface area contributed by atoms with Gasteiger partial charge in [-0.05, 0) is 12.1 Å². The van der Waals surface area contributed by atoms with Crippen LogP contribution >= 0.6 is 23.2 Å². The van der Waals surface area contributed by atoms with Gasteiger partial charge < -0.3 is 14.3 Å². The zero-order chi connectivity index (χ0) is 18.1. The minimum Gasteiger partial charge on any atom is -0.493 e. The largest absolute Gasteiger partial charge is 0.493 e. The van der Waals surface area contributed by atoms with Gasteiger partial charge in [0.2, 0.25) is 5.76 Å². The molecule has 6 nitrogen and oxygen atoms in total. The van der Waals surface area contributed by atoms with Crippen molar-refractivity contribution in [2.45, 2.75) is 6.42 Å². The molecule has 2 aromatic heterocycles. The predicted octanol–water partition coefficient (Wildman–Crippen LogP) is 4.27. The quantitative estimate of drug-likeness (QED) is 0.665. The van der Waals surface area contributed by atoms with Crippen molar-refractivity contribution in [3.05, 3.63) is 57.5 Å². The lowest BCUT2D eigenvalue weighted by Crippen LogP contribution is -2.05. The van der Waals surface area contributed by atoms with E-state index in [2.05, 4.69) is 4.98 Å². The highest BCUT2D eigenvalue weighted by molar-refractivity contribution is 6.36. The molecule has 0 spiro atoms. The number of methoxy groups -OCH3 is 1. The average Bonchev–Trinajstić information content (AvgIpc) is 3.02. The minimum absolute atomic E-state index is 0.0603. The second-order valence-electron chi connectivity index (χ2n) is 5.16. The Hall–Kier alpha value is -2.57. The molecule has 25 heavy (non-hydrogen) atoms. The van der Waals surface area contributed by atoms with Gasteiger partial charge in [-0.25, -0.2) is 4.79 Å². The van der Waals surface area contributed by atoms with Crippen molar-refractivity contribution in [2.24, 2.45) is 0 Å². The summed E-state index contributed by atoms with van der Waals surface area (Å²) in [5, 5.41) is 10.0. The number of Topliss-reactive ketones (excluding diaryl/α,β-unsaturated/α-hetero) is 1. The van der Waals surface area contributed by atoms with Gasteiger partial charge in [0.15, 0.2) is 17.1 Å². The Balaban J connectivity index is 2.09. The van der Waals surface area contributed by atoms with Gasteiger partial charge in [-0.15, -0.1) is 0 Å². The summed E-state index contributed by atoms with van der Waals surface area (Å²) >= 11 is 12.1. The lowest BCUT2D eigenvalue weighted by molar-refractivity contribution is 0.0664. The van der Waals surface area contributed by atoms with Crippen LogP contribution in [0.3, 0.4) is 0 Å². The number of carboxylic acids is 1. The summed E-state index contributed by atoms with van der Waals surface area (Å²) in [5.74, 6) is -1.48. The fraction of sp³-hybridized carbons (Fsp3) is 0.118. The molecule has 0 aliphatic rings. The number of carbonyl (C=O) groups excluding carboxylic acids is 1. The molecule has 0 unspecified atom stereocenters. The highest BCUT2D eigenvalue weighted by atomic mass is 35.5. The number of aromatic nitrogens is 1. The molecule has 1 aromatic carbocycles. The maximum atomic E-state index is 12.7. The van der Waals surface area contributed by atoms with Gasteiger partial charge in [0.1, 0.15) is 0 Å². The number of rotatable bonds is 5. The van der Waals surface area contributed by atoms with E-state index in [4.69, 9.17) is 37.5 Å². The zero-order valence-electron chi connectivity index (χ0n) is 12.9. The molecule has 128 valence electrons. The van der Waals surface area contributed by atoms with E-state index in [9.17, 15) is 9.59 Å². The molecule has 3 rings (SSSR count). The van der Waals surface area contributed by atoms with Gasteiger partial charge in [-0.2, -0.15) is 0 Å². The van der Waals surface area contributed by atoms with Crippen LogP contribution in [-0.4, -0.2) is 29.0 Å². The zero-order valence-corrected chi connectivity index (χ0v) is 14.4. The summed E-state index contributed by atoms with van der Waals surface area (Å²) in [7, 11) is 1.43. The summed E-state index contributed by atoms with van der Waals surface area (Å²) in [4.78, 5) is 27.8. The second-order valence-corrected chi connectivity index (χ2v) is 5.97. The van der Waals surface area contributed by atoms with Crippen molar-refractivity contribution >= 4 is 45.9 Å². The fourth-order valence-corrected chi connectivity index (χ4v) is 2.97.